The number of esters is 1. The standard InChI is InChI=1S/C23H29ClN2O5S/c24-18-3-5-19(6-4-18)32(29,30)26-7-1-2-20(26)22(28)31-14-21(27)25-23-11-15-8-16(12-23)10-17(9-15)13-23/h3-6,15-17,20H,1-2,7-14H2,(H,25,27)/t15?,16?,17?,20-,23?/m1/s1. The van der Waals surface area contributed by atoms with E-state index < -0.39 is 22.0 Å². The van der Waals surface area contributed by atoms with Gasteiger partial charge in [0.15, 0.2) is 6.61 Å². The highest BCUT2D eigenvalue weighted by Gasteiger charge is 2.51. The Morgan fingerprint density at radius 1 is 1.06 bits per heavy atom. The molecule has 0 aromatic heterocycles. The molecule has 174 valence electrons. The Hall–Kier alpha value is -1.64. The van der Waals surface area contributed by atoms with Crippen molar-refractivity contribution in [2.45, 2.75) is 67.8 Å². The van der Waals surface area contributed by atoms with Gasteiger partial charge in [-0.1, -0.05) is 11.6 Å². The second-order valence-electron chi connectivity index (χ2n) is 10.1. The summed E-state index contributed by atoms with van der Waals surface area (Å²) in [6, 6.07) is 4.96. The zero-order valence-electron chi connectivity index (χ0n) is 18.0. The van der Waals surface area contributed by atoms with Gasteiger partial charge in [-0.05, 0) is 93.4 Å². The molecule has 1 amide bonds. The first-order valence-corrected chi connectivity index (χ1v) is 13.3. The van der Waals surface area contributed by atoms with Crippen molar-refractivity contribution in [2.24, 2.45) is 17.8 Å². The first kappa shape index (κ1) is 22.2. The molecule has 1 N–H and O–H groups in total. The quantitative estimate of drug-likeness (QED) is 0.631. The van der Waals surface area contributed by atoms with Crippen LogP contribution in [0.2, 0.25) is 5.02 Å². The van der Waals surface area contributed by atoms with Crippen LogP contribution in [-0.4, -0.2) is 49.3 Å². The van der Waals surface area contributed by atoms with Crippen molar-refractivity contribution >= 4 is 33.5 Å². The van der Waals surface area contributed by atoms with E-state index in [1.165, 1.54) is 47.8 Å². The van der Waals surface area contributed by atoms with Gasteiger partial charge in [0.1, 0.15) is 6.04 Å². The van der Waals surface area contributed by atoms with Crippen LogP contribution in [0.15, 0.2) is 29.2 Å². The summed E-state index contributed by atoms with van der Waals surface area (Å²) in [7, 11) is -3.85. The maximum atomic E-state index is 13.0. The van der Waals surface area contributed by atoms with Crippen molar-refractivity contribution in [1.29, 1.82) is 0 Å². The van der Waals surface area contributed by atoms with E-state index in [1.54, 1.807) is 0 Å². The Morgan fingerprint density at radius 2 is 1.66 bits per heavy atom. The monoisotopic (exact) mass is 480 g/mol. The van der Waals surface area contributed by atoms with Gasteiger partial charge in [0.25, 0.3) is 5.91 Å². The van der Waals surface area contributed by atoms with Crippen LogP contribution < -0.4 is 5.32 Å². The highest BCUT2D eigenvalue weighted by molar-refractivity contribution is 7.89. The number of hydrogen-bond acceptors (Lipinski definition) is 5. The molecule has 1 aromatic rings. The van der Waals surface area contributed by atoms with E-state index >= 15 is 0 Å². The van der Waals surface area contributed by atoms with E-state index in [9.17, 15) is 18.0 Å². The molecule has 5 fully saturated rings. The molecule has 4 aliphatic carbocycles. The van der Waals surface area contributed by atoms with Crippen molar-refractivity contribution < 1.29 is 22.7 Å². The fraction of sp³-hybridized carbons (Fsp3) is 0.652. The Labute approximate surface area is 193 Å². The van der Waals surface area contributed by atoms with Crippen LogP contribution in [0, 0.1) is 17.8 Å². The number of benzene rings is 1. The lowest BCUT2D eigenvalue weighted by Gasteiger charge is -2.56. The lowest BCUT2D eigenvalue weighted by molar-refractivity contribution is -0.153. The highest BCUT2D eigenvalue weighted by Crippen LogP contribution is 2.55. The number of nitrogens with zero attached hydrogens (tertiary/aromatic N) is 1. The van der Waals surface area contributed by atoms with E-state index in [-0.39, 0.29) is 29.5 Å². The van der Waals surface area contributed by atoms with Gasteiger partial charge in [-0.3, -0.25) is 9.59 Å². The van der Waals surface area contributed by atoms with Crippen LogP contribution in [0.25, 0.3) is 0 Å². The molecular formula is C23H29ClN2O5S. The third kappa shape index (κ3) is 4.17. The fourth-order valence-corrected chi connectivity index (χ4v) is 8.61. The smallest absolute Gasteiger partial charge is 0.324 e. The fourth-order valence-electron chi connectivity index (χ4n) is 6.83. The number of nitrogens with one attached hydrogen (secondary N) is 1. The predicted molar refractivity (Wildman–Crippen MR) is 118 cm³/mol. The van der Waals surface area contributed by atoms with Crippen LogP contribution in [0.3, 0.4) is 0 Å². The van der Waals surface area contributed by atoms with E-state index in [1.807, 2.05) is 0 Å². The molecule has 1 saturated heterocycles. The zero-order chi connectivity index (χ0) is 22.5. The molecule has 0 radical (unpaired) electrons. The summed E-state index contributed by atoms with van der Waals surface area (Å²) in [5.41, 5.74) is -0.143. The van der Waals surface area contributed by atoms with Crippen LogP contribution in [0.5, 0.6) is 0 Å². The Balaban J connectivity index is 1.19. The van der Waals surface area contributed by atoms with Crippen molar-refractivity contribution in [3.63, 3.8) is 0 Å². The van der Waals surface area contributed by atoms with Gasteiger partial charge in [-0.15, -0.1) is 0 Å². The number of amides is 1. The van der Waals surface area contributed by atoms with Crippen molar-refractivity contribution in [1.82, 2.24) is 9.62 Å². The summed E-state index contributed by atoms with van der Waals surface area (Å²) in [5.74, 6) is 1.16. The van der Waals surface area contributed by atoms with E-state index in [4.69, 9.17) is 16.3 Å². The summed E-state index contributed by atoms with van der Waals surface area (Å²) in [6.45, 7) is -0.129. The van der Waals surface area contributed by atoms with Crippen LogP contribution in [-0.2, 0) is 24.3 Å². The molecule has 9 heteroatoms. The first-order valence-electron chi connectivity index (χ1n) is 11.5. The average Bonchev–Trinajstić information content (AvgIpc) is 3.22. The molecule has 1 atom stereocenters. The number of hydrogen-bond donors (Lipinski definition) is 1. The molecular weight excluding hydrogens is 452 g/mol. The minimum Gasteiger partial charge on any atom is -0.454 e. The van der Waals surface area contributed by atoms with Gasteiger partial charge in [0, 0.05) is 17.1 Å². The van der Waals surface area contributed by atoms with E-state index in [0.717, 1.165) is 19.3 Å². The molecule has 4 bridgehead atoms. The maximum Gasteiger partial charge on any atom is 0.324 e. The second kappa shape index (κ2) is 8.29. The van der Waals surface area contributed by atoms with Gasteiger partial charge >= 0.3 is 5.97 Å². The number of carbonyl (C=O) groups excluding carboxylic acids is 2. The Bertz CT molecular complexity index is 974. The topological polar surface area (TPSA) is 92.8 Å². The number of carbonyl (C=O) groups is 2. The third-order valence-electron chi connectivity index (χ3n) is 7.68. The average molecular weight is 481 g/mol. The normalized spacial score (nSPS) is 33.9. The van der Waals surface area contributed by atoms with Crippen LogP contribution in [0.4, 0.5) is 0 Å². The van der Waals surface area contributed by atoms with Crippen molar-refractivity contribution in [2.75, 3.05) is 13.2 Å². The van der Waals surface area contributed by atoms with Crippen molar-refractivity contribution in [3.05, 3.63) is 29.3 Å². The molecule has 0 spiro atoms. The van der Waals surface area contributed by atoms with Gasteiger partial charge in [0.05, 0.1) is 4.90 Å². The molecule has 4 saturated carbocycles. The number of rotatable bonds is 6. The molecule has 1 aromatic carbocycles. The molecule has 1 aliphatic heterocycles. The molecule has 7 nitrogen and oxygen atoms in total. The van der Waals surface area contributed by atoms with Gasteiger partial charge in [-0.2, -0.15) is 4.31 Å². The lowest BCUT2D eigenvalue weighted by Crippen LogP contribution is -2.60. The largest absolute Gasteiger partial charge is 0.454 e. The SMILES string of the molecule is O=C(COC(=O)[C@H]1CCCN1S(=O)(=O)c1ccc(Cl)cc1)NC12CC3CC(CC(C3)C1)C2. The highest BCUT2D eigenvalue weighted by atomic mass is 35.5. The minimum absolute atomic E-state index is 0.0844. The summed E-state index contributed by atoms with van der Waals surface area (Å²) < 4.78 is 32.5. The number of halogens is 1. The van der Waals surface area contributed by atoms with Crippen molar-refractivity contribution in [3.8, 4) is 0 Å². The number of ether oxygens (including phenoxy) is 1. The number of sulfonamides is 1. The maximum absolute atomic E-state index is 13.0. The molecule has 32 heavy (non-hydrogen) atoms. The molecule has 6 rings (SSSR count). The third-order valence-corrected chi connectivity index (χ3v) is 9.86. The lowest BCUT2D eigenvalue weighted by atomic mass is 9.53. The summed E-state index contributed by atoms with van der Waals surface area (Å²) in [5, 5.41) is 3.62. The van der Waals surface area contributed by atoms with Gasteiger partial charge in [-0.25, -0.2) is 8.42 Å². The second-order valence-corrected chi connectivity index (χ2v) is 12.4. The summed E-state index contributed by atoms with van der Waals surface area (Å²) in [6.07, 6.45) is 7.85. The van der Waals surface area contributed by atoms with E-state index in [2.05, 4.69) is 5.32 Å². The summed E-state index contributed by atoms with van der Waals surface area (Å²) >= 11 is 5.86. The Morgan fingerprint density at radius 3 is 2.25 bits per heavy atom. The van der Waals surface area contributed by atoms with E-state index in [0.29, 0.717) is 35.6 Å². The van der Waals surface area contributed by atoms with Crippen LogP contribution >= 0.6 is 11.6 Å². The summed E-state index contributed by atoms with van der Waals surface area (Å²) in [4.78, 5) is 25.5. The molecule has 5 aliphatic rings. The minimum atomic E-state index is -3.85. The van der Waals surface area contributed by atoms with Crippen LogP contribution in [0.1, 0.15) is 51.4 Å². The predicted octanol–water partition coefficient (Wildman–Crippen LogP) is 3.12. The zero-order valence-corrected chi connectivity index (χ0v) is 19.5. The Kier molecular flexibility index (Phi) is 5.75. The van der Waals surface area contributed by atoms with Gasteiger partial charge in [0.2, 0.25) is 10.0 Å². The molecule has 1 heterocycles. The molecule has 0 unspecified atom stereocenters. The van der Waals surface area contributed by atoms with Gasteiger partial charge < -0.3 is 10.1 Å². The first-order chi connectivity index (χ1) is 15.2.